The van der Waals surface area contributed by atoms with E-state index in [0.717, 1.165) is 38.2 Å². The minimum atomic E-state index is -0.829. The summed E-state index contributed by atoms with van der Waals surface area (Å²) in [5.41, 5.74) is 0.610. The minimum Gasteiger partial charge on any atom is -0.444 e. The van der Waals surface area contributed by atoms with E-state index in [-0.39, 0.29) is 31.2 Å². The molecule has 3 aliphatic rings. The van der Waals surface area contributed by atoms with E-state index in [4.69, 9.17) is 9.47 Å². The van der Waals surface area contributed by atoms with Gasteiger partial charge in [-0.2, -0.15) is 11.8 Å². The van der Waals surface area contributed by atoms with Gasteiger partial charge in [-0.25, -0.2) is 4.79 Å². The molecule has 0 radical (unpaired) electrons. The molecule has 2 aliphatic heterocycles. The maximum Gasteiger partial charge on any atom is 0.412 e. The molecule has 4 rings (SSSR count). The summed E-state index contributed by atoms with van der Waals surface area (Å²) in [4.78, 5) is 43.3. The summed E-state index contributed by atoms with van der Waals surface area (Å²) in [6.45, 7) is 8.16. The van der Waals surface area contributed by atoms with Crippen LogP contribution < -0.4 is 10.6 Å². The molecule has 0 aromatic heterocycles. The van der Waals surface area contributed by atoms with Gasteiger partial charge in [0.15, 0.2) is 0 Å². The maximum absolute atomic E-state index is 13.5. The van der Waals surface area contributed by atoms with E-state index in [1.165, 1.54) is 42.6 Å². The molecule has 0 unspecified atom stereocenters. The van der Waals surface area contributed by atoms with Gasteiger partial charge in [-0.3, -0.25) is 19.4 Å². The van der Waals surface area contributed by atoms with Gasteiger partial charge in [0.1, 0.15) is 24.4 Å². The summed E-state index contributed by atoms with van der Waals surface area (Å²) >= 11 is 1.74. The number of carbonyl (C=O) groups excluding carboxylic acids is 3. The molecule has 2 N–H and O–H groups in total. The first-order chi connectivity index (χ1) is 19.7. The van der Waals surface area contributed by atoms with E-state index < -0.39 is 23.8 Å². The zero-order chi connectivity index (χ0) is 29.2. The highest BCUT2D eigenvalue weighted by Gasteiger charge is 2.39. The number of piperidine rings is 1. The van der Waals surface area contributed by atoms with Crippen molar-refractivity contribution in [3.05, 3.63) is 35.9 Å². The average Bonchev–Trinajstić information content (AvgIpc) is 3.44. The van der Waals surface area contributed by atoms with Crippen molar-refractivity contribution in [2.75, 3.05) is 37.9 Å². The zero-order valence-corrected chi connectivity index (χ0v) is 25.8. The number of thioether (sulfide) groups is 1. The second-order valence-corrected chi connectivity index (χ2v) is 13.7. The predicted molar refractivity (Wildman–Crippen MR) is 161 cm³/mol. The fourth-order valence-corrected chi connectivity index (χ4v) is 6.97. The monoisotopic (exact) mass is 588 g/mol. The predicted octanol–water partition coefficient (Wildman–Crippen LogP) is 4.16. The van der Waals surface area contributed by atoms with Crippen LogP contribution in [0.15, 0.2) is 30.3 Å². The van der Waals surface area contributed by atoms with Crippen LogP contribution in [0.25, 0.3) is 0 Å². The zero-order valence-electron chi connectivity index (χ0n) is 24.9. The van der Waals surface area contributed by atoms with E-state index in [2.05, 4.69) is 39.8 Å². The Morgan fingerprint density at radius 2 is 1.76 bits per heavy atom. The molecule has 41 heavy (non-hydrogen) atoms. The quantitative estimate of drug-likeness (QED) is 0.424. The molecule has 2 saturated heterocycles. The highest BCUT2D eigenvalue weighted by Crippen LogP contribution is 2.27. The van der Waals surface area contributed by atoms with E-state index >= 15 is 0 Å². The topological polar surface area (TPSA) is 100 Å². The number of amides is 3. The third-order valence-corrected chi connectivity index (χ3v) is 9.27. The number of nitrogens with one attached hydrogen (secondary N) is 2. The summed E-state index contributed by atoms with van der Waals surface area (Å²) < 4.78 is 10.9. The third kappa shape index (κ3) is 10.2. The van der Waals surface area contributed by atoms with Gasteiger partial charge in [0.25, 0.3) is 0 Å². The molecular formula is C31H48N4O5S. The Bertz CT molecular complexity index is 990. The van der Waals surface area contributed by atoms with Crippen LogP contribution in [0.5, 0.6) is 0 Å². The van der Waals surface area contributed by atoms with Gasteiger partial charge in [0, 0.05) is 31.4 Å². The molecule has 3 amide bonds. The summed E-state index contributed by atoms with van der Waals surface area (Å²) in [7, 11) is 0. The Balaban J connectivity index is 1.32. The lowest BCUT2D eigenvalue weighted by Gasteiger charge is -2.33. The highest BCUT2D eigenvalue weighted by molar-refractivity contribution is 7.99. The first kappa shape index (κ1) is 31.6. The first-order valence-electron chi connectivity index (χ1n) is 15.2. The molecule has 1 aromatic rings. The molecule has 1 aromatic carbocycles. The van der Waals surface area contributed by atoms with Gasteiger partial charge in [0.05, 0.1) is 6.61 Å². The normalized spacial score (nSPS) is 21.8. The van der Waals surface area contributed by atoms with E-state index in [1.807, 2.05) is 6.07 Å². The molecular weight excluding hydrogens is 540 g/mol. The van der Waals surface area contributed by atoms with Gasteiger partial charge in [-0.1, -0.05) is 49.6 Å². The first-order valence-corrected chi connectivity index (χ1v) is 16.4. The minimum absolute atomic E-state index is 0.0121. The number of rotatable bonds is 10. The lowest BCUT2D eigenvalue weighted by Crippen LogP contribution is -2.57. The number of benzene rings is 1. The van der Waals surface area contributed by atoms with Crippen LogP contribution in [0.2, 0.25) is 0 Å². The lowest BCUT2D eigenvalue weighted by atomic mass is 9.91. The van der Waals surface area contributed by atoms with Crippen LogP contribution in [-0.2, 0) is 25.6 Å². The Morgan fingerprint density at radius 3 is 2.44 bits per heavy atom. The molecule has 0 bridgehead atoms. The molecule has 1 saturated carbocycles. The Morgan fingerprint density at radius 1 is 1.05 bits per heavy atom. The fourth-order valence-electron chi connectivity index (χ4n) is 5.70. The van der Waals surface area contributed by atoms with Crippen molar-refractivity contribution < 1.29 is 23.9 Å². The molecule has 2 atom stereocenters. The number of likely N-dealkylation sites (tertiary alicyclic amines) is 1. The van der Waals surface area contributed by atoms with Crippen molar-refractivity contribution in [2.24, 2.45) is 5.92 Å². The maximum atomic E-state index is 13.5. The van der Waals surface area contributed by atoms with Gasteiger partial charge in [0.2, 0.25) is 11.8 Å². The summed E-state index contributed by atoms with van der Waals surface area (Å²) in [6.07, 6.45) is 7.49. The highest BCUT2D eigenvalue weighted by atomic mass is 32.2. The Kier molecular flexibility index (Phi) is 11.8. The van der Waals surface area contributed by atoms with E-state index in [9.17, 15) is 14.4 Å². The second-order valence-electron chi connectivity index (χ2n) is 12.6. The van der Waals surface area contributed by atoms with Crippen LogP contribution in [0.4, 0.5) is 4.79 Å². The van der Waals surface area contributed by atoms with Crippen LogP contribution in [0.3, 0.4) is 0 Å². The Hall–Kier alpha value is -2.30. The van der Waals surface area contributed by atoms with Gasteiger partial charge in [-0.05, 0) is 63.7 Å². The van der Waals surface area contributed by atoms with Crippen molar-refractivity contribution in [1.29, 1.82) is 0 Å². The molecule has 2 heterocycles. The van der Waals surface area contributed by atoms with Gasteiger partial charge < -0.3 is 20.1 Å². The number of nitrogens with zero attached hydrogens (tertiary/aromatic N) is 2. The molecule has 10 heteroatoms. The van der Waals surface area contributed by atoms with Gasteiger partial charge in [-0.15, -0.1) is 0 Å². The second kappa shape index (κ2) is 15.3. The Labute approximate surface area is 249 Å². The smallest absolute Gasteiger partial charge is 0.412 e. The summed E-state index contributed by atoms with van der Waals surface area (Å²) in [5, 5.41) is 6.19. The van der Waals surface area contributed by atoms with Crippen LogP contribution in [0, 0.1) is 5.92 Å². The number of hydrogen-bond donors (Lipinski definition) is 2. The molecule has 1 aliphatic carbocycles. The van der Waals surface area contributed by atoms with Crippen molar-refractivity contribution in [1.82, 2.24) is 20.4 Å². The SMILES string of the molecule is CC(C)(C)OC(=O)N1COC[C@@H]1C(=O)N[C@@H](CSCC1CCCCC1)C(=O)NC1CCN(Cc2ccccc2)CC1. The van der Waals surface area contributed by atoms with Crippen molar-refractivity contribution in [3.63, 3.8) is 0 Å². The van der Waals surface area contributed by atoms with Crippen LogP contribution in [0.1, 0.15) is 71.3 Å². The molecule has 228 valence electrons. The summed E-state index contributed by atoms with van der Waals surface area (Å²) in [6, 6.07) is 9.01. The van der Waals surface area contributed by atoms with Gasteiger partial charge >= 0.3 is 6.09 Å². The standard InChI is InChI=1S/C31H48N4O5S/c1-31(2,3)40-30(38)35-22-39-19-27(35)29(37)33-26(21-41-20-24-12-8-5-9-13-24)28(36)32-25-14-16-34(17-15-25)18-23-10-6-4-7-11-23/h4,6-7,10-11,24-27H,5,8-9,12-22H2,1-3H3,(H,32,36)(H,33,37)/t26-,27+/m0/s1. The molecule has 3 fully saturated rings. The summed E-state index contributed by atoms with van der Waals surface area (Å²) in [5.74, 6) is 1.63. The van der Waals surface area contributed by atoms with Crippen molar-refractivity contribution in [3.8, 4) is 0 Å². The number of ether oxygens (including phenoxy) is 2. The average molecular weight is 589 g/mol. The number of hydrogen-bond acceptors (Lipinski definition) is 7. The third-order valence-electron chi connectivity index (χ3n) is 7.99. The lowest BCUT2D eigenvalue weighted by molar-refractivity contribution is -0.131. The van der Waals surface area contributed by atoms with Crippen molar-refractivity contribution >= 4 is 29.7 Å². The fraction of sp³-hybridized carbons (Fsp3) is 0.710. The molecule has 9 nitrogen and oxygen atoms in total. The van der Waals surface area contributed by atoms with Crippen LogP contribution >= 0.6 is 11.8 Å². The molecule has 0 spiro atoms. The largest absolute Gasteiger partial charge is 0.444 e. The van der Waals surface area contributed by atoms with E-state index in [1.54, 1.807) is 32.5 Å². The van der Waals surface area contributed by atoms with E-state index in [0.29, 0.717) is 11.7 Å². The number of carbonyl (C=O) groups is 3. The van der Waals surface area contributed by atoms with Crippen LogP contribution in [-0.4, -0.2) is 89.4 Å². The van der Waals surface area contributed by atoms with Crippen molar-refractivity contribution in [2.45, 2.75) is 96.0 Å².